The Bertz CT molecular complexity index is 562. The normalized spacial score (nSPS) is 10.8. The minimum absolute atomic E-state index is 0.100. The highest BCUT2D eigenvalue weighted by atomic mass is 35.5. The molecule has 0 unspecified atom stereocenters. The number of halogens is 1. The molecular formula is C9H8ClN3O. The van der Waals surface area contributed by atoms with Gasteiger partial charge in [-0.25, -0.2) is 9.97 Å². The molecule has 72 valence electrons. The van der Waals surface area contributed by atoms with Gasteiger partial charge in [0.25, 0.3) is 5.56 Å². The lowest BCUT2D eigenvalue weighted by Gasteiger charge is -2.03. The highest BCUT2D eigenvalue weighted by Crippen LogP contribution is 2.17. The number of nitrogens with zero attached hydrogens (tertiary/aromatic N) is 3. The third kappa shape index (κ3) is 1.19. The van der Waals surface area contributed by atoms with Crippen LogP contribution in [0.15, 0.2) is 17.3 Å². The molecule has 2 aromatic heterocycles. The van der Waals surface area contributed by atoms with Gasteiger partial charge in [0.05, 0.1) is 11.7 Å². The highest BCUT2D eigenvalue weighted by Gasteiger charge is 2.08. The zero-order valence-electron chi connectivity index (χ0n) is 7.78. The molecule has 0 radical (unpaired) electrons. The van der Waals surface area contributed by atoms with Gasteiger partial charge in [-0.05, 0) is 12.5 Å². The molecule has 0 fully saturated rings. The molecule has 0 atom stereocenters. The summed E-state index contributed by atoms with van der Waals surface area (Å²) in [5.41, 5.74) is 1.16. The van der Waals surface area contributed by atoms with E-state index in [-0.39, 0.29) is 10.7 Å². The van der Waals surface area contributed by atoms with Crippen molar-refractivity contribution in [3.05, 3.63) is 33.6 Å². The maximum absolute atomic E-state index is 11.7. The molecule has 0 saturated carbocycles. The van der Waals surface area contributed by atoms with Gasteiger partial charge >= 0.3 is 0 Å². The second-order valence-corrected chi connectivity index (χ2v) is 3.47. The largest absolute Gasteiger partial charge is 0.302 e. The first-order valence-corrected chi connectivity index (χ1v) is 4.45. The van der Waals surface area contributed by atoms with Gasteiger partial charge in [-0.2, -0.15) is 0 Å². The summed E-state index contributed by atoms with van der Waals surface area (Å²) in [4.78, 5) is 19.7. The van der Waals surface area contributed by atoms with Crippen LogP contribution >= 0.6 is 11.6 Å². The van der Waals surface area contributed by atoms with Crippen molar-refractivity contribution in [1.82, 2.24) is 14.5 Å². The Morgan fingerprint density at radius 1 is 1.43 bits per heavy atom. The Balaban J connectivity index is 3.09. The summed E-state index contributed by atoms with van der Waals surface area (Å²) in [5.74, 6) is 0. The lowest BCUT2D eigenvalue weighted by atomic mass is 10.2. The van der Waals surface area contributed by atoms with E-state index in [4.69, 9.17) is 11.6 Å². The van der Waals surface area contributed by atoms with E-state index in [0.29, 0.717) is 10.9 Å². The fourth-order valence-electron chi connectivity index (χ4n) is 1.33. The second kappa shape index (κ2) is 3.06. The van der Waals surface area contributed by atoms with E-state index < -0.39 is 0 Å². The molecule has 0 spiro atoms. The van der Waals surface area contributed by atoms with Crippen molar-refractivity contribution in [1.29, 1.82) is 0 Å². The Labute approximate surface area is 85.2 Å². The molecule has 0 N–H and O–H groups in total. The van der Waals surface area contributed by atoms with E-state index in [9.17, 15) is 4.79 Å². The molecule has 0 saturated heterocycles. The van der Waals surface area contributed by atoms with E-state index in [2.05, 4.69) is 9.97 Å². The Morgan fingerprint density at radius 3 is 2.86 bits per heavy atom. The van der Waals surface area contributed by atoms with Crippen LogP contribution in [-0.2, 0) is 7.05 Å². The van der Waals surface area contributed by atoms with Crippen molar-refractivity contribution in [2.45, 2.75) is 6.92 Å². The van der Waals surface area contributed by atoms with Gasteiger partial charge in [0.15, 0.2) is 5.15 Å². The fraction of sp³-hybridized carbons (Fsp3) is 0.222. The lowest BCUT2D eigenvalue weighted by molar-refractivity contribution is 0.841. The van der Waals surface area contributed by atoms with Gasteiger partial charge in [-0.1, -0.05) is 11.6 Å². The van der Waals surface area contributed by atoms with Crippen molar-refractivity contribution < 1.29 is 0 Å². The number of aryl methyl sites for hydroxylation is 2. The van der Waals surface area contributed by atoms with Gasteiger partial charge in [0.2, 0.25) is 0 Å². The molecule has 0 aliphatic rings. The number of hydrogen-bond donors (Lipinski definition) is 0. The van der Waals surface area contributed by atoms with E-state index in [0.717, 1.165) is 5.56 Å². The molecule has 0 aliphatic heterocycles. The molecule has 0 aliphatic carbocycles. The summed E-state index contributed by atoms with van der Waals surface area (Å²) >= 11 is 5.83. The van der Waals surface area contributed by atoms with Crippen molar-refractivity contribution >= 4 is 22.5 Å². The van der Waals surface area contributed by atoms with Crippen LogP contribution in [0.5, 0.6) is 0 Å². The maximum atomic E-state index is 11.7. The quantitative estimate of drug-likeness (QED) is 0.615. The van der Waals surface area contributed by atoms with Crippen molar-refractivity contribution in [3.63, 3.8) is 0 Å². The SMILES string of the molecule is Cc1cnc(Cl)c2ncn(C)c(=O)c12. The summed E-state index contributed by atoms with van der Waals surface area (Å²) in [6.07, 6.45) is 3.02. The number of rotatable bonds is 0. The number of fused-ring (bicyclic) bond motifs is 1. The smallest absolute Gasteiger partial charge is 0.261 e. The predicted molar refractivity (Wildman–Crippen MR) is 54.5 cm³/mol. The van der Waals surface area contributed by atoms with Crippen molar-refractivity contribution in [2.24, 2.45) is 7.05 Å². The highest BCUT2D eigenvalue weighted by molar-refractivity contribution is 6.33. The summed E-state index contributed by atoms with van der Waals surface area (Å²) < 4.78 is 1.42. The van der Waals surface area contributed by atoms with Crippen LogP contribution in [0.4, 0.5) is 0 Å². The standard InChI is InChI=1S/C9H8ClN3O/c1-5-3-11-8(10)7-6(5)9(14)13(2)4-12-7/h3-4H,1-2H3. The van der Waals surface area contributed by atoms with Gasteiger partial charge in [-0.3, -0.25) is 4.79 Å². The maximum Gasteiger partial charge on any atom is 0.261 e. The van der Waals surface area contributed by atoms with Crippen LogP contribution in [0, 0.1) is 6.92 Å². The summed E-state index contributed by atoms with van der Waals surface area (Å²) in [7, 11) is 1.66. The third-order valence-corrected chi connectivity index (χ3v) is 2.37. The average Bonchev–Trinajstić information content (AvgIpc) is 2.16. The molecule has 0 bridgehead atoms. The Morgan fingerprint density at radius 2 is 2.14 bits per heavy atom. The minimum Gasteiger partial charge on any atom is -0.302 e. The van der Waals surface area contributed by atoms with Gasteiger partial charge < -0.3 is 4.57 Å². The van der Waals surface area contributed by atoms with Crippen LogP contribution in [0.2, 0.25) is 5.15 Å². The van der Waals surface area contributed by atoms with Crippen LogP contribution in [0.1, 0.15) is 5.56 Å². The Kier molecular flexibility index (Phi) is 2.00. The van der Waals surface area contributed by atoms with Crippen LogP contribution in [0.25, 0.3) is 10.9 Å². The topological polar surface area (TPSA) is 47.8 Å². The molecular weight excluding hydrogens is 202 g/mol. The Hall–Kier alpha value is -1.42. The van der Waals surface area contributed by atoms with Crippen molar-refractivity contribution in [3.8, 4) is 0 Å². The average molecular weight is 210 g/mol. The number of hydrogen-bond acceptors (Lipinski definition) is 3. The number of pyridine rings is 1. The molecule has 2 rings (SSSR count). The zero-order chi connectivity index (χ0) is 10.3. The van der Waals surface area contributed by atoms with Gasteiger partial charge in [-0.15, -0.1) is 0 Å². The molecule has 0 aromatic carbocycles. The second-order valence-electron chi connectivity index (χ2n) is 3.12. The minimum atomic E-state index is -0.100. The molecule has 2 aromatic rings. The number of aromatic nitrogens is 3. The first-order valence-electron chi connectivity index (χ1n) is 4.07. The lowest BCUT2D eigenvalue weighted by Crippen LogP contribution is -2.18. The monoisotopic (exact) mass is 209 g/mol. The van der Waals surface area contributed by atoms with E-state index in [1.807, 2.05) is 6.92 Å². The van der Waals surface area contributed by atoms with E-state index in [1.54, 1.807) is 13.2 Å². The molecule has 2 heterocycles. The van der Waals surface area contributed by atoms with Crippen LogP contribution < -0.4 is 5.56 Å². The van der Waals surface area contributed by atoms with Gasteiger partial charge in [0, 0.05) is 13.2 Å². The fourth-order valence-corrected chi connectivity index (χ4v) is 1.52. The predicted octanol–water partition coefficient (Wildman–Crippen LogP) is 1.29. The first kappa shape index (κ1) is 9.15. The van der Waals surface area contributed by atoms with Crippen LogP contribution in [-0.4, -0.2) is 14.5 Å². The van der Waals surface area contributed by atoms with E-state index >= 15 is 0 Å². The van der Waals surface area contributed by atoms with Gasteiger partial charge in [0.1, 0.15) is 5.52 Å². The summed E-state index contributed by atoms with van der Waals surface area (Å²) in [6, 6.07) is 0. The zero-order valence-corrected chi connectivity index (χ0v) is 8.54. The molecule has 4 nitrogen and oxygen atoms in total. The molecule has 0 amide bonds. The molecule has 14 heavy (non-hydrogen) atoms. The first-order chi connectivity index (χ1) is 6.61. The van der Waals surface area contributed by atoms with E-state index in [1.165, 1.54) is 10.9 Å². The van der Waals surface area contributed by atoms with Crippen molar-refractivity contribution in [2.75, 3.05) is 0 Å². The summed E-state index contributed by atoms with van der Waals surface area (Å²) in [5, 5.41) is 0.804. The summed E-state index contributed by atoms with van der Waals surface area (Å²) in [6.45, 7) is 1.81. The third-order valence-electron chi connectivity index (χ3n) is 2.09. The van der Waals surface area contributed by atoms with Crippen LogP contribution in [0.3, 0.4) is 0 Å². The molecule has 5 heteroatoms.